The van der Waals surface area contributed by atoms with Crippen molar-refractivity contribution in [2.24, 2.45) is 0 Å². The fraction of sp³-hybridized carbons (Fsp3) is 0.692. The highest BCUT2D eigenvalue weighted by Gasteiger charge is 2.16. The molecule has 0 amide bonds. The molecule has 0 spiro atoms. The lowest BCUT2D eigenvalue weighted by atomic mass is 10.4. The van der Waals surface area contributed by atoms with Gasteiger partial charge in [-0.3, -0.25) is 0 Å². The van der Waals surface area contributed by atoms with Crippen LogP contribution in [0, 0.1) is 0 Å². The molecule has 0 aromatic carbocycles. The zero-order valence-electron chi connectivity index (χ0n) is 11.3. The number of hydrogen-bond donors (Lipinski definition) is 0. The molecule has 0 saturated carbocycles. The van der Waals surface area contributed by atoms with E-state index in [1.54, 1.807) is 19.5 Å². The van der Waals surface area contributed by atoms with Crippen LogP contribution in [-0.2, 0) is 0 Å². The lowest BCUT2D eigenvalue weighted by Gasteiger charge is -2.25. The molecular formula is C13H22N4O. The van der Waals surface area contributed by atoms with Crippen LogP contribution in [0.4, 0.5) is 5.82 Å². The fourth-order valence-corrected chi connectivity index (χ4v) is 2.36. The van der Waals surface area contributed by atoms with Gasteiger partial charge in [-0.05, 0) is 32.9 Å². The predicted molar refractivity (Wildman–Crippen MR) is 72.1 cm³/mol. The second kappa shape index (κ2) is 6.54. The molecule has 1 fully saturated rings. The molecule has 100 valence electrons. The summed E-state index contributed by atoms with van der Waals surface area (Å²) in [6.07, 6.45) is 6.05. The largest absolute Gasteiger partial charge is 0.478 e. The van der Waals surface area contributed by atoms with E-state index in [4.69, 9.17) is 4.74 Å². The van der Waals surface area contributed by atoms with Crippen LogP contribution in [0.5, 0.6) is 5.88 Å². The summed E-state index contributed by atoms with van der Waals surface area (Å²) in [6.45, 7) is 7.59. The number of nitrogens with zero attached hydrogens (tertiary/aromatic N) is 4. The van der Waals surface area contributed by atoms with Crippen LogP contribution in [0.2, 0.25) is 0 Å². The van der Waals surface area contributed by atoms with Gasteiger partial charge in [-0.15, -0.1) is 0 Å². The van der Waals surface area contributed by atoms with Crippen molar-refractivity contribution >= 4 is 5.82 Å². The third-order valence-corrected chi connectivity index (χ3v) is 3.41. The van der Waals surface area contributed by atoms with E-state index < -0.39 is 0 Å². The Balaban J connectivity index is 1.98. The second-order valence-corrected chi connectivity index (χ2v) is 4.52. The monoisotopic (exact) mass is 250 g/mol. The average Bonchev–Trinajstić information content (AvgIpc) is 2.93. The first-order chi connectivity index (χ1) is 8.85. The van der Waals surface area contributed by atoms with Gasteiger partial charge in [0.1, 0.15) is 0 Å². The molecule has 1 saturated heterocycles. The summed E-state index contributed by atoms with van der Waals surface area (Å²) in [4.78, 5) is 13.3. The molecule has 1 aromatic rings. The Morgan fingerprint density at radius 3 is 2.67 bits per heavy atom. The van der Waals surface area contributed by atoms with Crippen molar-refractivity contribution in [1.29, 1.82) is 0 Å². The molecule has 0 atom stereocenters. The Bertz CT molecular complexity index is 366. The summed E-state index contributed by atoms with van der Waals surface area (Å²) in [5.74, 6) is 1.46. The zero-order chi connectivity index (χ0) is 12.8. The van der Waals surface area contributed by atoms with Crippen LogP contribution in [0.15, 0.2) is 12.4 Å². The topological polar surface area (TPSA) is 41.5 Å². The Morgan fingerprint density at radius 1 is 1.28 bits per heavy atom. The highest BCUT2D eigenvalue weighted by atomic mass is 16.5. The first kappa shape index (κ1) is 13.1. The summed E-state index contributed by atoms with van der Waals surface area (Å²) in [7, 11) is 1.64. The molecule has 0 N–H and O–H groups in total. The third-order valence-electron chi connectivity index (χ3n) is 3.41. The minimum Gasteiger partial charge on any atom is -0.478 e. The van der Waals surface area contributed by atoms with Crippen LogP contribution >= 0.6 is 0 Å². The Kier molecular flexibility index (Phi) is 4.75. The van der Waals surface area contributed by atoms with Gasteiger partial charge in [0, 0.05) is 32.0 Å². The van der Waals surface area contributed by atoms with E-state index in [0.717, 1.165) is 25.5 Å². The quantitative estimate of drug-likeness (QED) is 0.763. The van der Waals surface area contributed by atoms with Gasteiger partial charge < -0.3 is 14.5 Å². The van der Waals surface area contributed by atoms with E-state index in [0.29, 0.717) is 5.88 Å². The second-order valence-electron chi connectivity index (χ2n) is 4.52. The molecule has 0 bridgehead atoms. The molecule has 2 heterocycles. The van der Waals surface area contributed by atoms with E-state index in [2.05, 4.69) is 26.7 Å². The van der Waals surface area contributed by atoms with E-state index in [9.17, 15) is 0 Å². The standard InChI is InChI=1S/C13H22N4O/c1-3-17(11-10-16-8-4-5-9-16)12-13(18-2)15-7-6-14-12/h6-7H,3-5,8-11H2,1-2H3. The minimum absolute atomic E-state index is 0.612. The maximum atomic E-state index is 5.27. The van der Waals surface area contributed by atoms with Crippen molar-refractivity contribution in [3.8, 4) is 5.88 Å². The van der Waals surface area contributed by atoms with Crippen LogP contribution < -0.4 is 9.64 Å². The first-order valence-corrected chi connectivity index (χ1v) is 6.67. The van der Waals surface area contributed by atoms with E-state index in [-0.39, 0.29) is 0 Å². The molecule has 1 aromatic heterocycles. The maximum absolute atomic E-state index is 5.27. The lowest BCUT2D eigenvalue weighted by Crippen LogP contribution is -2.34. The smallest absolute Gasteiger partial charge is 0.257 e. The minimum atomic E-state index is 0.612. The molecule has 18 heavy (non-hydrogen) atoms. The predicted octanol–water partition coefficient (Wildman–Crippen LogP) is 1.41. The Hall–Kier alpha value is -1.36. The van der Waals surface area contributed by atoms with Crippen molar-refractivity contribution < 1.29 is 4.74 Å². The number of ether oxygens (including phenoxy) is 1. The molecule has 0 radical (unpaired) electrons. The number of hydrogen-bond acceptors (Lipinski definition) is 5. The number of likely N-dealkylation sites (N-methyl/N-ethyl adjacent to an activating group) is 1. The van der Waals surface area contributed by atoms with Gasteiger partial charge in [0.15, 0.2) is 5.82 Å². The van der Waals surface area contributed by atoms with Crippen LogP contribution in [0.25, 0.3) is 0 Å². The van der Waals surface area contributed by atoms with E-state index in [1.807, 2.05) is 0 Å². The number of aromatic nitrogens is 2. The van der Waals surface area contributed by atoms with Gasteiger partial charge in [0.25, 0.3) is 5.88 Å². The fourth-order valence-electron chi connectivity index (χ4n) is 2.36. The van der Waals surface area contributed by atoms with Gasteiger partial charge in [-0.2, -0.15) is 0 Å². The van der Waals surface area contributed by atoms with Crippen molar-refractivity contribution in [3.05, 3.63) is 12.4 Å². The van der Waals surface area contributed by atoms with Crippen LogP contribution in [0.3, 0.4) is 0 Å². The number of methoxy groups -OCH3 is 1. The third kappa shape index (κ3) is 3.10. The molecule has 5 heteroatoms. The number of anilines is 1. The highest BCUT2D eigenvalue weighted by molar-refractivity contribution is 5.47. The Morgan fingerprint density at radius 2 is 2.00 bits per heavy atom. The maximum Gasteiger partial charge on any atom is 0.257 e. The van der Waals surface area contributed by atoms with Crippen molar-refractivity contribution in [2.45, 2.75) is 19.8 Å². The van der Waals surface area contributed by atoms with E-state index in [1.165, 1.54) is 25.9 Å². The number of rotatable bonds is 6. The van der Waals surface area contributed by atoms with Gasteiger partial charge in [0.05, 0.1) is 7.11 Å². The zero-order valence-corrected chi connectivity index (χ0v) is 11.3. The molecular weight excluding hydrogens is 228 g/mol. The van der Waals surface area contributed by atoms with Gasteiger partial charge in [-0.1, -0.05) is 0 Å². The van der Waals surface area contributed by atoms with Gasteiger partial charge in [-0.25, -0.2) is 9.97 Å². The van der Waals surface area contributed by atoms with Crippen molar-refractivity contribution in [3.63, 3.8) is 0 Å². The van der Waals surface area contributed by atoms with Crippen molar-refractivity contribution in [2.75, 3.05) is 44.7 Å². The molecule has 0 unspecified atom stereocenters. The average molecular weight is 250 g/mol. The highest BCUT2D eigenvalue weighted by Crippen LogP contribution is 2.21. The summed E-state index contributed by atoms with van der Waals surface area (Å²) in [5, 5.41) is 0. The number of likely N-dealkylation sites (tertiary alicyclic amines) is 1. The van der Waals surface area contributed by atoms with E-state index >= 15 is 0 Å². The SMILES string of the molecule is CCN(CCN1CCCC1)c1nccnc1OC. The first-order valence-electron chi connectivity index (χ1n) is 6.67. The molecule has 2 rings (SSSR count). The van der Waals surface area contributed by atoms with Crippen LogP contribution in [-0.4, -0.2) is 54.7 Å². The lowest BCUT2D eigenvalue weighted by molar-refractivity contribution is 0.343. The summed E-state index contributed by atoms with van der Waals surface area (Å²) < 4.78 is 5.27. The molecule has 1 aliphatic rings. The van der Waals surface area contributed by atoms with Crippen molar-refractivity contribution in [1.82, 2.24) is 14.9 Å². The van der Waals surface area contributed by atoms with Gasteiger partial charge in [0.2, 0.25) is 0 Å². The molecule has 0 aliphatic carbocycles. The molecule has 5 nitrogen and oxygen atoms in total. The summed E-state index contributed by atoms with van der Waals surface area (Å²) in [6, 6.07) is 0. The normalized spacial score (nSPS) is 15.9. The van der Waals surface area contributed by atoms with Crippen LogP contribution in [0.1, 0.15) is 19.8 Å². The summed E-state index contributed by atoms with van der Waals surface area (Å²) in [5.41, 5.74) is 0. The Labute approximate surface area is 109 Å². The van der Waals surface area contributed by atoms with Gasteiger partial charge >= 0.3 is 0 Å². The summed E-state index contributed by atoms with van der Waals surface area (Å²) >= 11 is 0. The molecule has 1 aliphatic heterocycles.